The molecule has 0 aromatic heterocycles. The molecule has 1 fully saturated rings. The van der Waals surface area contributed by atoms with Gasteiger partial charge in [-0.25, -0.2) is 0 Å². The molecule has 19 heavy (non-hydrogen) atoms. The number of hydrogen-bond acceptors (Lipinski definition) is 3. The van der Waals surface area contributed by atoms with Gasteiger partial charge >= 0.3 is 0 Å². The summed E-state index contributed by atoms with van der Waals surface area (Å²) in [6, 6.07) is 7.91. The molecule has 0 atom stereocenters. The molecule has 1 aromatic carbocycles. The molecule has 1 saturated heterocycles. The number of halogens is 1. The molecular formula is C15H16BrN3. The van der Waals surface area contributed by atoms with E-state index in [0.29, 0.717) is 5.56 Å². The monoisotopic (exact) mass is 317 g/mol. The van der Waals surface area contributed by atoms with Crippen LogP contribution in [0.15, 0.2) is 22.7 Å². The van der Waals surface area contributed by atoms with E-state index in [1.807, 2.05) is 18.2 Å². The molecule has 0 amide bonds. The van der Waals surface area contributed by atoms with Gasteiger partial charge in [0, 0.05) is 43.6 Å². The van der Waals surface area contributed by atoms with Crippen molar-refractivity contribution in [1.29, 1.82) is 5.26 Å². The van der Waals surface area contributed by atoms with E-state index in [2.05, 4.69) is 37.7 Å². The molecule has 4 heteroatoms. The summed E-state index contributed by atoms with van der Waals surface area (Å²) < 4.78 is 0.989. The zero-order valence-electron chi connectivity index (χ0n) is 10.8. The summed E-state index contributed by atoms with van der Waals surface area (Å²) in [4.78, 5) is 4.74. The molecule has 1 aliphatic heterocycles. The average molecular weight is 318 g/mol. The van der Waals surface area contributed by atoms with Gasteiger partial charge in [-0.15, -0.1) is 12.3 Å². The highest BCUT2D eigenvalue weighted by Crippen LogP contribution is 2.28. The van der Waals surface area contributed by atoms with E-state index in [-0.39, 0.29) is 0 Å². The SMILES string of the molecule is C#CCCN1CCN(c2ccc(C#N)cc2Br)CC1. The van der Waals surface area contributed by atoms with Crippen LogP contribution in [0.3, 0.4) is 0 Å². The highest BCUT2D eigenvalue weighted by atomic mass is 79.9. The first-order chi connectivity index (χ1) is 9.24. The summed E-state index contributed by atoms with van der Waals surface area (Å²) in [7, 11) is 0. The van der Waals surface area contributed by atoms with E-state index in [4.69, 9.17) is 11.7 Å². The van der Waals surface area contributed by atoms with Crippen molar-refractivity contribution >= 4 is 21.6 Å². The van der Waals surface area contributed by atoms with E-state index in [0.717, 1.165) is 49.3 Å². The van der Waals surface area contributed by atoms with Gasteiger partial charge in [-0.2, -0.15) is 5.26 Å². The predicted octanol–water partition coefficient (Wildman–Crippen LogP) is 2.47. The zero-order valence-corrected chi connectivity index (χ0v) is 12.4. The van der Waals surface area contributed by atoms with Crippen LogP contribution in [-0.4, -0.2) is 37.6 Å². The Kier molecular flexibility index (Phi) is 4.85. The first kappa shape index (κ1) is 13.9. The van der Waals surface area contributed by atoms with Crippen molar-refractivity contribution in [2.45, 2.75) is 6.42 Å². The number of piperazine rings is 1. The van der Waals surface area contributed by atoms with Crippen LogP contribution in [0.5, 0.6) is 0 Å². The lowest BCUT2D eigenvalue weighted by Gasteiger charge is -2.36. The number of rotatable bonds is 3. The summed E-state index contributed by atoms with van der Waals surface area (Å²) in [5, 5.41) is 8.87. The highest BCUT2D eigenvalue weighted by molar-refractivity contribution is 9.10. The molecule has 1 heterocycles. The Morgan fingerprint density at radius 3 is 2.58 bits per heavy atom. The van der Waals surface area contributed by atoms with Crippen LogP contribution in [0, 0.1) is 23.7 Å². The van der Waals surface area contributed by atoms with Crippen molar-refractivity contribution in [3.8, 4) is 18.4 Å². The van der Waals surface area contributed by atoms with Crippen LogP contribution in [0.1, 0.15) is 12.0 Å². The van der Waals surface area contributed by atoms with Gasteiger partial charge in [-0.1, -0.05) is 0 Å². The van der Waals surface area contributed by atoms with Crippen molar-refractivity contribution in [2.24, 2.45) is 0 Å². The Labute approximate surface area is 122 Å². The van der Waals surface area contributed by atoms with Crippen molar-refractivity contribution in [1.82, 2.24) is 4.90 Å². The van der Waals surface area contributed by atoms with Gasteiger partial charge in [0.2, 0.25) is 0 Å². The molecule has 3 nitrogen and oxygen atoms in total. The summed E-state index contributed by atoms with van der Waals surface area (Å²) >= 11 is 3.55. The number of nitrogens with zero attached hydrogens (tertiary/aromatic N) is 3. The summed E-state index contributed by atoms with van der Waals surface area (Å²) in [6.07, 6.45) is 6.11. The first-order valence-corrected chi connectivity index (χ1v) is 7.14. The van der Waals surface area contributed by atoms with Crippen molar-refractivity contribution in [2.75, 3.05) is 37.6 Å². The molecule has 0 aliphatic carbocycles. The number of benzene rings is 1. The lowest BCUT2D eigenvalue weighted by Crippen LogP contribution is -2.46. The van der Waals surface area contributed by atoms with Crippen molar-refractivity contribution in [3.63, 3.8) is 0 Å². The van der Waals surface area contributed by atoms with Crippen LogP contribution in [0.4, 0.5) is 5.69 Å². The van der Waals surface area contributed by atoms with E-state index in [1.165, 1.54) is 0 Å². The molecule has 1 aromatic rings. The summed E-state index contributed by atoms with van der Waals surface area (Å²) in [5.41, 5.74) is 1.85. The van der Waals surface area contributed by atoms with Crippen LogP contribution in [0.2, 0.25) is 0 Å². The van der Waals surface area contributed by atoms with E-state index >= 15 is 0 Å². The highest BCUT2D eigenvalue weighted by Gasteiger charge is 2.18. The van der Waals surface area contributed by atoms with E-state index in [1.54, 1.807) is 0 Å². The lowest BCUT2D eigenvalue weighted by molar-refractivity contribution is 0.264. The molecule has 0 spiro atoms. The maximum absolute atomic E-state index is 8.87. The third-order valence-corrected chi connectivity index (χ3v) is 4.00. The summed E-state index contributed by atoms with van der Waals surface area (Å²) in [5.74, 6) is 2.69. The van der Waals surface area contributed by atoms with Crippen LogP contribution < -0.4 is 4.90 Å². The van der Waals surface area contributed by atoms with Gasteiger partial charge in [0.15, 0.2) is 0 Å². The topological polar surface area (TPSA) is 30.3 Å². The molecule has 0 saturated carbocycles. The molecule has 0 radical (unpaired) electrons. The van der Waals surface area contributed by atoms with E-state index < -0.39 is 0 Å². The Balaban J connectivity index is 1.98. The molecular weight excluding hydrogens is 302 g/mol. The van der Waals surface area contributed by atoms with Gasteiger partial charge in [-0.3, -0.25) is 4.90 Å². The zero-order chi connectivity index (χ0) is 13.7. The van der Waals surface area contributed by atoms with Gasteiger partial charge in [0.25, 0.3) is 0 Å². The molecule has 0 N–H and O–H groups in total. The first-order valence-electron chi connectivity index (χ1n) is 6.35. The number of terminal acetylenes is 1. The largest absolute Gasteiger partial charge is 0.368 e. The third-order valence-electron chi connectivity index (χ3n) is 3.36. The second kappa shape index (κ2) is 6.61. The Morgan fingerprint density at radius 1 is 1.26 bits per heavy atom. The molecule has 0 unspecified atom stereocenters. The fourth-order valence-corrected chi connectivity index (χ4v) is 2.90. The molecule has 1 aliphatic rings. The molecule has 98 valence electrons. The fraction of sp³-hybridized carbons (Fsp3) is 0.400. The predicted molar refractivity (Wildman–Crippen MR) is 81.0 cm³/mol. The lowest BCUT2D eigenvalue weighted by atomic mass is 10.2. The second-order valence-corrected chi connectivity index (χ2v) is 5.42. The second-order valence-electron chi connectivity index (χ2n) is 4.56. The minimum atomic E-state index is 0.684. The maximum Gasteiger partial charge on any atom is 0.0992 e. The Bertz CT molecular complexity index is 519. The Hall–Kier alpha value is -1.49. The minimum absolute atomic E-state index is 0.684. The smallest absolute Gasteiger partial charge is 0.0992 e. The third kappa shape index (κ3) is 3.50. The molecule has 2 rings (SSSR count). The van der Waals surface area contributed by atoms with E-state index in [9.17, 15) is 0 Å². The quantitative estimate of drug-likeness (QED) is 0.802. The average Bonchev–Trinajstić information content (AvgIpc) is 2.45. The molecule has 0 bridgehead atoms. The van der Waals surface area contributed by atoms with Gasteiger partial charge in [0.1, 0.15) is 0 Å². The van der Waals surface area contributed by atoms with Gasteiger partial charge in [-0.05, 0) is 34.1 Å². The summed E-state index contributed by atoms with van der Waals surface area (Å²) in [6.45, 7) is 5.05. The number of nitriles is 1. The Morgan fingerprint density at radius 2 is 2.00 bits per heavy atom. The number of hydrogen-bond donors (Lipinski definition) is 0. The fourth-order valence-electron chi connectivity index (χ4n) is 2.27. The van der Waals surface area contributed by atoms with Crippen molar-refractivity contribution < 1.29 is 0 Å². The minimum Gasteiger partial charge on any atom is -0.368 e. The van der Waals surface area contributed by atoms with Gasteiger partial charge < -0.3 is 4.90 Å². The normalized spacial score (nSPS) is 15.8. The van der Waals surface area contributed by atoms with Crippen LogP contribution in [-0.2, 0) is 0 Å². The van der Waals surface area contributed by atoms with Crippen LogP contribution in [0.25, 0.3) is 0 Å². The maximum atomic E-state index is 8.87. The standard InChI is InChI=1S/C15H16BrN3/c1-2-3-6-18-7-9-19(10-8-18)15-5-4-13(12-17)11-14(15)16/h1,4-5,11H,3,6-10H2. The van der Waals surface area contributed by atoms with Crippen LogP contribution >= 0.6 is 15.9 Å². The number of anilines is 1. The van der Waals surface area contributed by atoms with Crippen molar-refractivity contribution in [3.05, 3.63) is 28.2 Å². The van der Waals surface area contributed by atoms with Gasteiger partial charge in [0.05, 0.1) is 17.3 Å².